The van der Waals surface area contributed by atoms with Crippen LogP contribution in [-0.4, -0.2) is 35.2 Å². The number of ether oxygens (including phenoxy) is 1. The Labute approximate surface area is 146 Å². The monoisotopic (exact) mass is 341 g/mol. The van der Waals surface area contributed by atoms with Gasteiger partial charge in [0.25, 0.3) is 0 Å². The molecule has 0 aromatic heterocycles. The van der Waals surface area contributed by atoms with Crippen molar-refractivity contribution in [2.24, 2.45) is 5.92 Å². The average Bonchev–Trinajstić information content (AvgIpc) is 2.42. The van der Waals surface area contributed by atoms with Crippen molar-refractivity contribution in [2.45, 2.75) is 91.7 Å². The molecule has 5 nitrogen and oxygen atoms in total. The van der Waals surface area contributed by atoms with Gasteiger partial charge in [-0.3, -0.25) is 14.4 Å². The lowest BCUT2D eigenvalue weighted by Crippen LogP contribution is -2.45. The lowest BCUT2D eigenvalue weighted by atomic mass is 9.98. The Balaban J connectivity index is 4.23. The van der Waals surface area contributed by atoms with Crippen LogP contribution in [0.1, 0.15) is 80.6 Å². The van der Waals surface area contributed by atoms with Gasteiger partial charge in [0, 0.05) is 43.7 Å². The van der Waals surface area contributed by atoms with Crippen molar-refractivity contribution < 1.29 is 19.1 Å². The van der Waals surface area contributed by atoms with E-state index in [1.165, 1.54) is 0 Å². The van der Waals surface area contributed by atoms with Crippen LogP contribution >= 0.6 is 0 Å². The molecule has 0 saturated heterocycles. The summed E-state index contributed by atoms with van der Waals surface area (Å²) in [4.78, 5) is 35.1. The van der Waals surface area contributed by atoms with Crippen molar-refractivity contribution in [3.8, 4) is 0 Å². The lowest BCUT2D eigenvalue weighted by molar-refractivity contribution is -0.128. The van der Waals surface area contributed by atoms with Crippen LogP contribution in [0.15, 0.2) is 0 Å². The number of hydrogen-bond acceptors (Lipinski definition) is 4. The smallest absolute Gasteiger partial charge is 0.220 e. The summed E-state index contributed by atoms with van der Waals surface area (Å²) in [5, 5.41) is 2.95. The van der Waals surface area contributed by atoms with Crippen molar-refractivity contribution >= 4 is 17.5 Å². The summed E-state index contributed by atoms with van der Waals surface area (Å²) < 4.78 is 5.82. The van der Waals surface area contributed by atoms with Gasteiger partial charge in [-0.15, -0.1) is 0 Å². The van der Waals surface area contributed by atoms with E-state index < -0.39 is 11.1 Å². The number of amides is 1. The molecule has 24 heavy (non-hydrogen) atoms. The van der Waals surface area contributed by atoms with Crippen molar-refractivity contribution in [2.75, 3.05) is 6.61 Å². The molecule has 0 aromatic rings. The second-order valence-electron chi connectivity index (χ2n) is 7.98. The molecule has 0 rings (SSSR count). The van der Waals surface area contributed by atoms with E-state index in [2.05, 4.69) is 5.32 Å². The number of carbonyl (C=O) groups is 3. The van der Waals surface area contributed by atoms with Crippen LogP contribution in [0.3, 0.4) is 0 Å². The molecule has 140 valence electrons. The molecule has 0 aliphatic heterocycles. The van der Waals surface area contributed by atoms with Crippen LogP contribution in [0.4, 0.5) is 0 Å². The zero-order valence-corrected chi connectivity index (χ0v) is 16.5. The highest BCUT2D eigenvalue weighted by Gasteiger charge is 2.25. The molecule has 0 fully saturated rings. The standard InChI is InChI=1S/C19H35NO4/c1-8-15(21)13-19(6,7)24-12-11-18(4,5)20-17(23)10-9-16(22)14(2)3/h14H,8-13H2,1-7H3,(H,20,23). The minimum atomic E-state index is -0.489. The van der Waals surface area contributed by atoms with Crippen LogP contribution in [0.25, 0.3) is 0 Å². The van der Waals surface area contributed by atoms with E-state index in [0.29, 0.717) is 25.9 Å². The van der Waals surface area contributed by atoms with E-state index in [4.69, 9.17) is 4.74 Å². The zero-order valence-electron chi connectivity index (χ0n) is 16.5. The topological polar surface area (TPSA) is 72.5 Å². The van der Waals surface area contributed by atoms with E-state index in [1.54, 1.807) is 0 Å². The number of hydrogen-bond donors (Lipinski definition) is 1. The number of rotatable bonds is 12. The van der Waals surface area contributed by atoms with Gasteiger partial charge in [0.1, 0.15) is 11.6 Å². The first-order valence-corrected chi connectivity index (χ1v) is 8.88. The van der Waals surface area contributed by atoms with Crippen LogP contribution in [0, 0.1) is 5.92 Å². The fraction of sp³-hybridized carbons (Fsp3) is 0.842. The molecule has 0 heterocycles. The van der Waals surface area contributed by atoms with E-state index in [-0.39, 0.29) is 36.2 Å². The summed E-state index contributed by atoms with van der Waals surface area (Å²) in [5.74, 6) is 0.137. The van der Waals surface area contributed by atoms with Gasteiger partial charge in [0.05, 0.1) is 5.60 Å². The van der Waals surface area contributed by atoms with E-state index in [0.717, 1.165) is 0 Å². The lowest BCUT2D eigenvalue weighted by Gasteiger charge is -2.30. The Bertz CT molecular complexity index is 439. The van der Waals surface area contributed by atoms with Gasteiger partial charge < -0.3 is 10.1 Å². The van der Waals surface area contributed by atoms with Gasteiger partial charge >= 0.3 is 0 Å². The second-order valence-corrected chi connectivity index (χ2v) is 7.98. The molecule has 5 heteroatoms. The Kier molecular flexibility index (Phi) is 9.41. The Morgan fingerprint density at radius 2 is 1.62 bits per heavy atom. The van der Waals surface area contributed by atoms with Gasteiger partial charge in [-0.25, -0.2) is 0 Å². The first-order valence-electron chi connectivity index (χ1n) is 8.88. The first-order chi connectivity index (χ1) is 10.9. The molecule has 0 bridgehead atoms. The summed E-state index contributed by atoms with van der Waals surface area (Å²) >= 11 is 0. The van der Waals surface area contributed by atoms with Crippen LogP contribution in [0.2, 0.25) is 0 Å². The summed E-state index contributed by atoms with van der Waals surface area (Å²) in [6.45, 7) is 13.7. The molecular weight excluding hydrogens is 306 g/mol. The van der Waals surface area contributed by atoms with E-state index in [9.17, 15) is 14.4 Å². The Morgan fingerprint density at radius 1 is 1.04 bits per heavy atom. The molecule has 0 saturated carbocycles. The summed E-state index contributed by atoms with van der Waals surface area (Å²) in [7, 11) is 0. The summed E-state index contributed by atoms with van der Waals surface area (Å²) in [6.07, 6.45) is 2.05. The van der Waals surface area contributed by atoms with Gasteiger partial charge in [0.2, 0.25) is 5.91 Å². The Morgan fingerprint density at radius 3 is 2.12 bits per heavy atom. The molecule has 0 aliphatic carbocycles. The molecule has 0 radical (unpaired) electrons. The second kappa shape index (κ2) is 9.92. The largest absolute Gasteiger partial charge is 0.375 e. The number of nitrogens with one attached hydrogen (secondary N) is 1. The highest BCUT2D eigenvalue weighted by Crippen LogP contribution is 2.18. The van der Waals surface area contributed by atoms with Crippen LogP contribution in [-0.2, 0) is 19.1 Å². The number of Topliss-reactive ketones (excluding diaryl/α,β-unsaturated/α-hetero) is 2. The minimum Gasteiger partial charge on any atom is -0.375 e. The predicted octanol–water partition coefficient (Wildman–Crippen LogP) is 3.44. The van der Waals surface area contributed by atoms with E-state index in [1.807, 2.05) is 48.5 Å². The summed E-state index contributed by atoms with van der Waals surface area (Å²) in [5.41, 5.74) is -0.903. The van der Waals surface area contributed by atoms with Crippen molar-refractivity contribution in [3.05, 3.63) is 0 Å². The van der Waals surface area contributed by atoms with E-state index >= 15 is 0 Å². The molecule has 0 aromatic carbocycles. The zero-order chi connectivity index (χ0) is 19.0. The molecule has 0 unspecified atom stereocenters. The highest BCUT2D eigenvalue weighted by molar-refractivity contribution is 5.86. The number of ketones is 2. The van der Waals surface area contributed by atoms with Crippen molar-refractivity contribution in [1.82, 2.24) is 5.32 Å². The van der Waals surface area contributed by atoms with Gasteiger partial charge in [-0.05, 0) is 34.1 Å². The molecular formula is C19H35NO4. The van der Waals surface area contributed by atoms with Crippen LogP contribution < -0.4 is 5.32 Å². The van der Waals surface area contributed by atoms with Crippen LogP contribution in [0.5, 0.6) is 0 Å². The fourth-order valence-electron chi connectivity index (χ4n) is 2.26. The predicted molar refractivity (Wildman–Crippen MR) is 95.9 cm³/mol. The van der Waals surface area contributed by atoms with Crippen molar-refractivity contribution in [3.63, 3.8) is 0 Å². The normalized spacial score (nSPS) is 12.3. The third-order valence-electron chi connectivity index (χ3n) is 3.96. The average molecular weight is 341 g/mol. The highest BCUT2D eigenvalue weighted by atomic mass is 16.5. The SMILES string of the molecule is CCC(=O)CC(C)(C)OCCC(C)(C)NC(=O)CCC(=O)C(C)C. The maximum absolute atomic E-state index is 12.0. The van der Waals surface area contributed by atoms with Gasteiger partial charge in [-0.1, -0.05) is 20.8 Å². The maximum atomic E-state index is 12.0. The maximum Gasteiger partial charge on any atom is 0.220 e. The first kappa shape index (κ1) is 22.8. The third kappa shape index (κ3) is 10.5. The molecule has 0 aliphatic rings. The van der Waals surface area contributed by atoms with Gasteiger partial charge in [0.15, 0.2) is 0 Å². The molecule has 0 spiro atoms. The number of carbonyl (C=O) groups excluding carboxylic acids is 3. The minimum absolute atomic E-state index is 0.0349. The third-order valence-corrected chi connectivity index (χ3v) is 3.96. The fourth-order valence-corrected chi connectivity index (χ4v) is 2.26. The molecule has 0 atom stereocenters. The van der Waals surface area contributed by atoms with Gasteiger partial charge in [-0.2, -0.15) is 0 Å². The molecule has 1 N–H and O–H groups in total. The summed E-state index contributed by atoms with van der Waals surface area (Å²) in [6, 6.07) is 0. The van der Waals surface area contributed by atoms with Crippen molar-refractivity contribution in [1.29, 1.82) is 0 Å². The Hall–Kier alpha value is -1.23. The molecule has 1 amide bonds. The quantitative estimate of drug-likeness (QED) is 0.590.